The molecule has 1 amide bonds. The molecular formula is C21H29N7O3. The summed E-state index contributed by atoms with van der Waals surface area (Å²) in [7, 11) is 3.48. The fourth-order valence-corrected chi connectivity index (χ4v) is 2.29. The Labute approximate surface area is 181 Å². The first-order valence-corrected chi connectivity index (χ1v) is 9.56. The molecule has 1 aromatic heterocycles. The first kappa shape index (κ1) is 25.2. The lowest BCUT2D eigenvalue weighted by Crippen LogP contribution is -2.26. The van der Waals surface area contributed by atoms with Crippen molar-refractivity contribution in [1.29, 1.82) is 0 Å². The zero-order valence-electron chi connectivity index (χ0n) is 18.0. The Balaban J connectivity index is 0.000000861. The van der Waals surface area contributed by atoms with Crippen LogP contribution in [-0.4, -0.2) is 49.1 Å². The predicted octanol–water partition coefficient (Wildman–Crippen LogP) is 1.30. The highest BCUT2D eigenvalue weighted by Crippen LogP contribution is 2.16. The minimum absolute atomic E-state index is 0.0103. The number of nitrogens with one attached hydrogen (secondary N) is 2. The molecule has 0 aliphatic rings. The van der Waals surface area contributed by atoms with Crippen molar-refractivity contribution >= 4 is 24.2 Å². The number of anilines is 1. The second-order valence-electron chi connectivity index (χ2n) is 6.17. The van der Waals surface area contributed by atoms with Crippen molar-refractivity contribution in [3.8, 4) is 5.75 Å². The molecular weight excluding hydrogens is 398 g/mol. The van der Waals surface area contributed by atoms with Crippen LogP contribution in [0.4, 0.5) is 5.82 Å². The maximum absolute atomic E-state index is 12.1. The molecule has 0 aliphatic heterocycles. The molecule has 2 rings (SSSR count). The molecule has 10 heteroatoms. The standard InChI is InChI=1S/C17H18N6O3.C4H11N/c1-26-14-5-11(4-12(6-14)10-24)8-20-9-13(7-18)23-17(25)15-16(19)22-3-2-21-15;1-3-4-5-2/h2-7,9-10H,8,18H2,1H3,(H2,19,22)(H,23,25);5H,3-4H2,1-2H3/b13-7+,20-9?;. The van der Waals surface area contributed by atoms with E-state index in [-0.39, 0.29) is 23.8 Å². The van der Waals surface area contributed by atoms with E-state index in [1.807, 2.05) is 7.05 Å². The highest BCUT2D eigenvalue weighted by Gasteiger charge is 2.12. The van der Waals surface area contributed by atoms with Crippen molar-refractivity contribution in [2.75, 3.05) is 26.4 Å². The Kier molecular flexibility index (Phi) is 11.6. The summed E-state index contributed by atoms with van der Waals surface area (Å²) in [5.41, 5.74) is 12.6. The fourth-order valence-electron chi connectivity index (χ4n) is 2.29. The minimum Gasteiger partial charge on any atom is -0.497 e. The van der Waals surface area contributed by atoms with Gasteiger partial charge in [-0.15, -0.1) is 0 Å². The Morgan fingerprint density at radius 1 is 1.26 bits per heavy atom. The summed E-state index contributed by atoms with van der Waals surface area (Å²) in [5.74, 6) is 0.0141. The van der Waals surface area contributed by atoms with E-state index in [1.54, 1.807) is 18.2 Å². The number of carbonyl (C=O) groups excluding carboxylic acids is 2. The van der Waals surface area contributed by atoms with E-state index in [1.165, 1.54) is 38.3 Å². The van der Waals surface area contributed by atoms with Gasteiger partial charge in [0.25, 0.3) is 5.91 Å². The lowest BCUT2D eigenvalue weighted by Gasteiger charge is -2.06. The van der Waals surface area contributed by atoms with Crippen molar-refractivity contribution in [3.05, 3.63) is 59.3 Å². The van der Waals surface area contributed by atoms with Crippen molar-refractivity contribution in [2.24, 2.45) is 10.7 Å². The Morgan fingerprint density at radius 2 is 2.00 bits per heavy atom. The molecule has 0 spiro atoms. The van der Waals surface area contributed by atoms with E-state index in [4.69, 9.17) is 16.2 Å². The number of aldehydes is 1. The molecule has 6 N–H and O–H groups in total. The smallest absolute Gasteiger partial charge is 0.278 e. The van der Waals surface area contributed by atoms with Gasteiger partial charge in [0.05, 0.1) is 19.4 Å². The van der Waals surface area contributed by atoms with Crippen LogP contribution >= 0.6 is 0 Å². The summed E-state index contributed by atoms with van der Waals surface area (Å²) < 4.78 is 5.13. The average Bonchev–Trinajstić information content (AvgIpc) is 2.79. The Hall–Kier alpha value is -3.79. The Morgan fingerprint density at radius 3 is 2.55 bits per heavy atom. The number of nitrogens with zero attached hydrogens (tertiary/aromatic N) is 3. The lowest BCUT2D eigenvalue weighted by atomic mass is 10.1. The number of aliphatic imine (C=N–C) groups is 1. The molecule has 0 unspecified atom stereocenters. The van der Waals surface area contributed by atoms with Crippen LogP contribution < -0.4 is 26.8 Å². The first-order chi connectivity index (χ1) is 15.0. The second kappa shape index (κ2) is 14.2. The van der Waals surface area contributed by atoms with Gasteiger partial charge >= 0.3 is 0 Å². The zero-order chi connectivity index (χ0) is 23.1. The topological polar surface area (TPSA) is 158 Å². The third-order valence-electron chi connectivity index (χ3n) is 3.74. The summed E-state index contributed by atoms with van der Waals surface area (Å²) in [5, 5.41) is 5.56. The number of hydrogen-bond donors (Lipinski definition) is 4. The molecule has 10 nitrogen and oxygen atoms in total. The first-order valence-electron chi connectivity index (χ1n) is 9.56. The monoisotopic (exact) mass is 427 g/mol. The second-order valence-corrected chi connectivity index (χ2v) is 6.17. The highest BCUT2D eigenvalue weighted by molar-refractivity contribution is 6.00. The summed E-state index contributed by atoms with van der Waals surface area (Å²) in [6.45, 7) is 3.55. The number of benzene rings is 1. The van der Waals surface area contributed by atoms with Crippen LogP contribution in [0.2, 0.25) is 0 Å². The largest absolute Gasteiger partial charge is 0.497 e. The normalized spacial score (nSPS) is 10.9. The third-order valence-corrected chi connectivity index (χ3v) is 3.74. The van der Waals surface area contributed by atoms with Crippen LogP contribution in [-0.2, 0) is 6.54 Å². The molecule has 0 atom stereocenters. The van der Waals surface area contributed by atoms with Gasteiger partial charge in [-0.05, 0) is 43.8 Å². The molecule has 0 bridgehead atoms. The molecule has 166 valence electrons. The van der Waals surface area contributed by atoms with Gasteiger partial charge in [0.2, 0.25) is 0 Å². The van der Waals surface area contributed by atoms with Gasteiger partial charge < -0.3 is 26.8 Å². The molecule has 0 radical (unpaired) electrons. The van der Waals surface area contributed by atoms with Crippen LogP contribution in [0.15, 0.2) is 47.5 Å². The molecule has 0 saturated heterocycles. The van der Waals surface area contributed by atoms with Crippen molar-refractivity contribution < 1.29 is 14.3 Å². The molecule has 0 fully saturated rings. The molecule has 0 aliphatic carbocycles. The van der Waals surface area contributed by atoms with Crippen molar-refractivity contribution in [3.63, 3.8) is 0 Å². The van der Waals surface area contributed by atoms with Gasteiger partial charge in [0.15, 0.2) is 11.5 Å². The van der Waals surface area contributed by atoms with E-state index in [0.29, 0.717) is 11.3 Å². The van der Waals surface area contributed by atoms with E-state index < -0.39 is 5.91 Å². The molecule has 0 saturated carbocycles. The average molecular weight is 428 g/mol. The number of carbonyl (C=O) groups is 2. The molecule has 31 heavy (non-hydrogen) atoms. The van der Waals surface area contributed by atoms with Crippen LogP contribution in [0, 0.1) is 0 Å². The predicted molar refractivity (Wildman–Crippen MR) is 121 cm³/mol. The number of methoxy groups -OCH3 is 1. The number of aromatic nitrogens is 2. The minimum atomic E-state index is -0.552. The SMILES string of the molecule is CCCNC.COc1cc(C=O)cc(CN=C/C(=C\N)NC(=O)c2nccnc2N)c1. The van der Waals surface area contributed by atoms with Crippen LogP contribution in [0.1, 0.15) is 39.8 Å². The summed E-state index contributed by atoms with van der Waals surface area (Å²) in [6, 6.07) is 5.07. The number of ether oxygens (including phenoxy) is 1. The summed E-state index contributed by atoms with van der Waals surface area (Å²) >= 11 is 0. The van der Waals surface area contributed by atoms with Gasteiger partial charge in [-0.25, -0.2) is 9.97 Å². The number of allylic oxidation sites excluding steroid dienone is 1. The van der Waals surface area contributed by atoms with Gasteiger partial charge in [-0.1, -0.05) is 6.92 Å². The quantitative estimate of drug-likeness (QED) is 0.344. The van der Waals surface area contributed by atoms with Crippen molar-refractivity contribution in [1.82, 2.24) is 20.6 Å². The molecule has 2 aromatic rings. The number of hydrogen-bond acceptors (Lipinski definition) is 9. The molecule has 1 aromatic carbocycles. The number of amides is 1. The van der Waals surface area contributed by atoms with Crippen LogP contribution in [0.25, 0.3) is 0 Å². The number of rotatable bonds is 9. The Bertz CT molecular complexity index is 912. The highest BCUT2D eigenvalue weighted by atomic mass is 16.5. The van der Waals surface area contributed by atoms with Gasteiger partial charge in [-0.3, -0.25) is 14.6 Å². The summed E-state index contributed by atoms with van der Waals surface area (Å²) in [4.78, 5) is 35.0. The summed E-state index contributed by atoms with van der Waals surface area (Å²) in [6.07, 6.45) is 7.29. The number of nitrogen functional groups attached to an aromatic ring is 1. The van der Waals surface area contributed by atoms with Crippen molar-refractivity contribution in [2.45, 2.75) is 19.9 Å². The van der Waals surface area contributed by atoms with E-state index in [9.17, 15) is 9.59 Å². The van der Waals surface area contributed by atoms with E-state index in [0.717, 1.165) is 18.4 Å². The molecule has 1 heterocycles. The van der Waals surface area contributed by atoms with E-state index in [2.05, 4.69) is 32.5 Å². The lowest BCUT2D eigenvalue weighted by molar-refractivity contribution is 0.0963. The fraction of sp³-hybridized carbons (Fsp3) is 0.286. The van der Waals surface area contributed by atoms with Gasteiger partial charge in [0.1, 0.15) is 12.0 Å². The van der Waals surface area contributed by atoms with Gasteiger partial charge in [0, 0.05) is 30.4 Å². The zero-order valence-corrected chi connectivity index (χ0v) is 18.0. The third kappa shape index (κ3) is 9.05. The van der Waals surface area contributed by atoms with Crippen LogP contribution in [0.5, 0.6) is 5.75 Å². The van der Waals surface area contributed by atoms with E-state index >= 15 is 0 Å². The van der Waals surface area contributed by atoms with Crippen LogP contribution in [0.3, 0.4) is 0 Å². The van der Waals surface area contributed by atoms with Gasteiger partial charge in [-0.2, -0.15) is 0 Å². The maximum Gasteiger partial charge on any atom is 0.278 e. The maximum atomic E-state index is 12.1. The number of nitrogens with two attached hydrogens (primary N) is 2.